The van der Waals surface area contributed by atoms with Gasteiger partial charge in [0.05, 0.1) is 11.6 Å². The maximum atomic E-state index is 12.2. The Morgan fingerprint density at radius 2 is 1.88 bits per heavy atom. The molecule has 2 aromatic rings. The first-order chi connectivity index (χ1) is 7.86. The monoisotopic (exact) mass is 209 g/mol. The normalized spacial score (nSPS) is 18.5. The zero-order chi connectivity index (χ0) is 11.0. The first-order valence-corrected chi connectivity index (χ1v) is 5.39. The van der Waals surface area contributed by atoms with Crippen LogP contribution in [0.2, 0.25) is 0 Å². The van der Waals surface area contributed by atoms with Crippen LogP contribution in [-0.2, 0) is 6.42 Å². The number of carbonyl (C=O) groups is 1. The van der Waals surface area contributed by atoms with E-state index in [0.717, 1.165) is 23.2 Å². The zero-order valence-electron chi connectivity index (χ0n) is 8.76. The summed E-state index contributed by atoms with van der Waals surface area (Å²) in [5.41, 5.74) is 2.88. The summed E-state index contributed by atoms with van der Waals surface area (Å²) in [6, 6.07) is 13.5. The third-order valence-electron chi connectivity index (χ3n) is 3.07. The minimum atomic E-state index is -0.0846. The SMILES string of the molecule is O=C1c2ccccc2CC1c1ccccn1. The largest absolute Gasteiger partial charge is 0.293 e. The van der Waals surface area contributed by atoms with Gasteiger partial charge in [-0.1, -0.05) is 30.3 Å². The van der Waals surface area contributed by atoms with Gasteiger partial charge in [0.25, 0.3) is 0 Å². The van der Waals surface area contributed by atoms with Gasteiger partial charge in [-0.05, 0) is 24.1 Å². The standard InChI is InChI=1S/C14H11NO/c16-14-11-6-2-1-5-10(11)9-12(14)13-7-3-4-8-15-13/h1-8,12H,9H2. The number of ketones is 1. The van der Waals surface area contributed by atoms with Crippen LogP contribution in [0.15, 0.2) is 48.7 Å². The molecule has 78 valence electrons. The second-order valence-corrected chi connectivity index (χ2v) is 4.03. The van der Waals surface area contributed by atoms with Crippen LogP contribution in [0.1, 0.15) is 27.5 Å². The fourth-order valence-corrected chi connectivity index (χ4v) is 2.26. The van der Waals surface area contributed by atoms with Crippen molar-refractivity contribution in [2.75, 3.05) is 0 Å². The second-order valence-electron chi connectivity index (χ2n) is 4.03. The molecule has 1 aromatic carbocycles. The molecule has 0 saturated carbocycles. The molecule has 0 spiro atoms. The van der Waals surface area contributed by atoms with Crippen LogP contribution >= 0.6 is 0 Å². The number of pyridine rings is 1. The molecule has 0 N–H and O–H groups in total. The molecular formula is C14H11NO. The highest BCUT2D eigenvalue weighted by Gasteiger charge is 2.31. The van der Waals surface area contributed by atoms with Gasteiger partial charge in [-0.25, -0.2) is 0 Å². The number of aromatic nitrogens is 1. The van der Waals surface area contributed by atoms with E-state index in [1.807, 2.05) is 42.5 Å². The topological polar surface area (TPSA) is 30.0 Å². The van der Waals surface area contributed by atoms with Crippen molar-refractivity contribution in [3.63, 3.8) is 0 Å². The fraction of sp³-hybridized carbons (Fsp3) is 0.143. The van der Waals surface area contributed by atoms with Crippen molar-refractivity contribution in [3.8, 4) is 0 Å². The van der Waals surface area contributed by atoms with E-state index in [0.29, 0.717) is 0 Å². The van der Waals surface area contributed by atoms with E-state index >= 15 is 0 Å². The molecule has 1 aliphatic rings. The van der Waals surface area contributed by atoms with Crippen molar-refractivity contribution in [2.45, 2.75) is 12.3 Å². The predicted octanol–water partition coefficient (Wildman–Crippen LogP) is 2.60. The van der Waals surface area contributed by atoms with Gasteiger partial charge in [0.15, 0.2) is 5.78 Å². The van der Waals surface area contributed by atoms with Crippen molar-refractivity contribution in [1.29, 1.82) is 0 Å². The van der Waals surface area contributed by atoms with Crippen molar-refractivity contribution in [2.24, 2.45) is 0 Å². The summed E-state index contributed by atoms with van der Waals surface area (Å²) in [5.74, 6) is 0.118. The molecule has 1 heterocycles. The van der Waals surface area contributed by atoms with Crippen LogP contribution in [0.5, 0.6) is 0 Å². The van der Waals surface area contributed by atoms with Crippen molar-refractivity contribution in [1.82, 2.24) is 4.98 Å². The number of benzene rings is 1. The summed E-state index contributed by atoms with van der Waals surface area (Å²) in [6.07, 6.45) is 2.53. The summed E-state index contributed by atoms with van der Waals surface area (Å²) < 4.78 is 0. The molecule has 0 radical (unpaired) electrons. The Balaban J connectivity index is 2.02. The van der Waals surface area contributed by atoms with E-state index < -0.39 is 0 Å². The summed E-state index contributed by atoms with van der Waals surface area (Å²) in [7, 11) is 0. The number of rotatable bonds is 1. The van der Waals surface area contributed by atoms with Gasteiger partial charge >= 0.3 is 0 Å². The van der Waals surface area contributed by atoms with Gasteiger partial charge in [-0.2, -0.15) is 0 Å². The van der Waals surface area contributed by atoms with E-state index in [9.17, 15) is 4.79 Å². The molecular weight excluding hydrogens is 198 g/mol. The molecule has 1 aliphatic carbocycles. The van der Waals surface area contributed by atoms with E-state index in [-0.39, 0.29) is 11.7 Å². The molecule has 1 atom stereocenters. The summed E-state index contributed by atoms with van der Waals surface area (Å²) in [6.45, 7) is 0. The molecule has 1 aromatic heterocycles. The van der Waals surface area contributed by atoms with Crippen molar-refractivity contribution >= 4 is 5.78 Å². The molecule has 2 heteroatoms. The highest BCUT2D eigenvalue weighted by Crippen LogP contribution is 2.32. The van der Waals surface area contributed by atoms with E-state index in [1.165, 1.54) is 0 Å². The molecule has 0 saturated heterocycles. The maximum absolute atomic E-state index is 12.2. The molecule has 0 fully saturated rings. The van der Waals surface area contributed by atoms with Crippen LogP contribution in [0, 0.1) is 0 Å². The van der Waals surface area contributed by atoms with Crippen LogP contribution in [0.4, 0.5) is 0 Å². The predicted molar refractivity (Wildman–Crippen MR) is 61.5 cm³/mol. The number of hydrogen-bond donors (Lipinski definition) is 0. The Bertz CT molecular complexity index is 533. The van der Waals surface area contributed by atoms with E-state index in [4.69, 9.17) is 0 Å². The average molecular weight is 209 g/mol. The lowest BCUT2D eigenvalue weighted by atomic mass is 10.0. The Hall–Kier alpha value is -1.96. The Morgan fingerprint density at radius 3 is 2.62 bits per heavy atom. The van der Waals surface area contributed by atoms with Gasteiger partial charge in [0.2, 0.25) is 0 Å². The third-order valence-corrected chi connectivity index (χ3v) is 3.07. The lowest BCUT2D eigenvalue weighted by Gasteiger charge is -2.05. The second kappa shape index (κ2) is 3.56. The summed E-state index contributed by atoms with van der Waals surface area (Å²) >= 11 is 0. The van der Waals surface area contributed by atoms with Gasteiger partial charge in [-0.3, -0.25) is 9.78 Å². The third kappa shape index (κ3) is 1.34. The number of carbonyl (C=O) groups excluding carboxylic acids is 1. The Labute approximate surface area is 94.0 Å². The average Bonchev–Trinajstić information content (AvgIpc) is 2.69. The lowest BCUT2D eigenvalue weighted by molar-refractivity contribution is 0.0971. The minimum Gasteiger partial charge on any atom is -0.293 e. The molecule has 0 bridgehead atoms. The highest BCUT2D eigenvalue weighted by molar-refractivity contribution is 6.05. The Morgan fingerprint density at radius 1 is 1.06 bits per heavy atom. The quantitative estimate of drug-likeness (QED) is 0.722. The van der Waals surface area contributed by atoms with Crippen LogP contribution in [-0.4, -0.2) is 10.8 Å². The molecule has 0 amide bonds. The zero-order valence-corrected chi connectivity index (χ0v) is 8.76. The molecule has 3 rings (SSSR count). The van der Waals surface area contributed by atoms with Crippen molar-refractivity contribution < 1.29 is 4.79 Å². The molecule has 16 heavy (non-hydrogen) atoms. The van der Waals surface area contributed by atoms with Gasteiger partial charge in [0.1, 0.15) is 0 Å². The number of Topliss-reactive ketones (excluding diaryl/α,β-unsaturated/α-hetero) is 1. The summed E-state index contributed by atoms with van der Waals surface area (Å²) in [5, 5.41) is 0. The Kier molecular flexibility index (Phi) is 2.07. The highest BCUT2D eigenvalue weighted by atomic mass is 16.1. The van der Waals surface area contributed by atoms with Crippen molar-refractivity contribution in [3.05, 3.63) is 65.5 Å². The van der Waals surface area contributed by atoms with Crippen LogP contribution < -0.4 is 0 Å². The maximum Gasteiger partial charge on any atom is 0.172 e. The first kappa shape index (κ1) is 9.28. The van der Waals surface area contributed by atoms with Gasteiger partial charge < -0.3 is 0 Å². The summed E-state index contributed by atoms with van der Waals surface area (Å²) in [4.78, 5) is 16.4. The number of fused-ring (bicyclic) bond motifs is 1. The minimum absolute atomic E-state index is 0.0846. The molecule has 1 unspecified atom stereocenters. The number of hydrogen-bond acceptors (Lipinski definition) is 2. The number of nitrogens with zero attached hydrogens (tertiary/aromatic N) is 1. The first-order valence-electron chi connectivity index (χ1n) is 5.39. The molecule has 0 aliphatic heterocycles. The van der Waals surface area contributed by atoms with Gasteiger partial charge in [0, 0.05) is 11.8 Å². The smallest absolute Gasteiger partial charge is 0.172 e. The lowest BCUT2D eigenvalue weighted by Crippen LogP contribution is -2.08. The van der Waals surface area contributed by atoms with Gasteiger partial charge in [-0.15, -0.1) is 0 Å². The van der Waals surface area contributed by atoms with E-state index in [1.54, 1.807) is 6.20 Å². The van der Waals surface area contributed by atoms with Crippen LogP contribution in [0.25, 0.3) is 0 Å². The fourth-order valence-electron chi connectivity index (χ4n) is 2.26. The van der Waals surface area contributed by atoms with E-state index in [2.05, 4.69) is 4.98 Å². The molecule has 2 nitrogen and oxygen atoms in total. The van der Waals surface area contributed by atoms with Crippen LogP contribution in [0.3, 0.4) is 0 Å².